The molecule has 0 fully saturated rings. The third kappa shape index (κ3) is 4.80. The van der Waals surface area contributed by atoms with Crippen LogP contribution in [-0.2, 0) is 11.2 Å². The minimum absolute atomic E-state index is 0.103. The van der Waals surface area contributed by atoms with Gasteiger partial charge in [0.05, 0.1) is 17.6 Å². The van der Waals surface area contributed by atoms with E-state index in [4.69, 9.17) is 16.0 Å². The topological polar surface area (TPSA) is 97.7 Å². The summed E-state index contributed by atoms with van der Waals surface area (Å²) in [6.45, 7) is 0. The molecule has 136 valence electrons. The Morgan fingerprint density at radius 2 is 2.00 bits per heavy atom. The van der Waals surface area contributed by atoms with Crippen molar-refractivity contribution in [3.8, 4) is 11.3 Å². The van der Waals surface area contributed by atoms with Crippen molar-refractivity contribution in [3.05, 3.63) is 87.1 Å². The first kappa shape index (κ1) is 18.3. The number of hydrogen-bond acceptors (Lipinski definition) is 5. The SMILES string of the molecule is O=C(Cc1ccccc1[N+](=O)[O-])N/N=C/c1ccc(-c2cccc(Cl)c2)o1. The van der Waals surface area contributed by atoms with Crippen LogP contribution in [0.1, 0.15) is 11.3 Å². The van der Waals surface area contributed by atoms with Crippen molar-refractivity contribution >= 4 is 29.4 Å². The average Bonchev–Trinajstić information content (AvgIpc) is 3.11. The zero-order valence-electron chi connectivity index (χ0n) is 14.0. The Labute approximate surface area is 159 Å². The van der Waals surface area contributed by atoms with E-state index in [1.165, 1.54) is 18.3 Å². The van der Waals surface area contributed by atoms with Gasteiger partial charge in [0, 0.05) is 22.2 Å². The molecular formula is C19H14ClN3O4. The molecule has 1 amide bonds. The molecular weight excluding hydrogens is 370 g/mol. The van der Waals surface area contributed by atoms with Crippen molar-refractivity contribution in [2.75, 3.05) is 0 Å². The van der Waals surface area contributed by atoms with E-state index in [-0.39, 0.29) is 12.1 Å². The standard InChI is InChI=1S/C19H14ClN3O4/c20-15-6-3-5-14(10-15)18-9-8-16(27-18)12-21-22-19(24)11-13-4-1-2-7-17(13)23(25)26/h1-10,12H,11H2,(H,22,24)/b21-12+. The summed E-state index contributed by atoms with van der Waals surface area (Å²) in [4.78, 5) is 22.4. The van der Waals surface area contributed by atoms with E-state index in [1.807, 2.05) is 12.1 Å². The number of furan rings is 1. The maximum atomic E-state index is 11.9. The smallest absolute Gasteiger partial charge is 0.273 e. The fourth-order valence-corrected chi connectivity index (χ4v) is 2.63. The van der Waals surface area contributed by atoms with Gasteiger partial charge in [-0.15, -0.1) is 0 Å². The molecule has 0 aliphatic heterocycles. The molecule has 3 rings (SSSR count). The average molecular weight is 384 g/mol. The summed E-state index contributed by atoms with van der Waals surface area (Å²) >= 11 is 5.96. The molecule has 0 saturated carbocycles. The Morgan fingerprint density at radius 3 is 2.78 bits per heavy atom. The Bertz CT molecular complexity index is 1010. The second-order valence-electron chi connectivity index (χ2n) is 5.57. The Hall–Kier alpha value is -3.45. The molecule has 1 heterocycles. The minimum atomic E-state index is -0.522. The third-order valence-electron chi connectivity index (χ3n) is 3.66. The molecule has 0 aliphatic carbocycles. The van der Waals surface area contributed by atoms with Gasteiger partial charge in [-0.1, -0.05) is 41.9 Å². The number of para-hydroxylation sites is 1. The van der Waals surface area contributed by atoms with Crippen LogP contribution in [0.3, 0.4) is 0 Å². The van der Waals surface area contributed by atoms with E-state index in [2.05, 4.69) is 10.5 Å². The molecule has 8 heteroatoms. The summed E-state index contributed by atoms with van der Waals surface area (Å²) in [6, 6.07) is 16.8. The molecule has 3 aromatic rings. The Balaban J connectivity index is 1.61. The van der Waals surface area contributed by atoms with E-state index >= 15 is 0 Å². The number of carbonyl (C=O) groups excluding carboxylic acids is 1. The van der Waals surface area contributed by atoms with E-state index in [1.54, 1.807) is 36.4 Å². The number of hydrazone groups is 1. The summed E-state index contributed by atoms with van der Waals surface area (Å²) in [5.74, 6) is 0.586. The van der Waals surface area contributed by atoms with Crippen LogP contribution in [-0.4, -0.2) is 17.0 Å². The van der Waals surface area contributed by atoms with Crippen LogP contribution in [0.5, 0.6) is 0 Å². The lowest BCUT2D eigenvalue weighted by atomic mass is 10.1. The van der Waals surface area contributed by atoms with Gasteiger partial charge in [0.15, 0.2) is 0 Å². The summed E-state index contributed by atoms with van der Waals surface area (Å²) in [6.07, 6.45) is 1.20. The molecule has 0 unspecified atom stereocenters. The van der Waals surface area contributed by atoms with Crippen LogP contribution in [0.2, 0.25) is 5.02 Å². The number of benzene rings is 2. The molecule has 0 saturated heterocycles. The normalized spacial score (nSPS) is 10.9. The first-order valence-corrected chi connectivity index (χ1v) is 8.31. The van der Waals surface area contributed by atoms with Gasteiger partial charge in [-0.2, -0.15) is 5.10 Å². The third-order valence-corrected chi connectivity index (χ3v) is 3.89. The zero-order chi connectivity index (χ0) is 19.2. The number of nitro groups is 1. The van der Waals surface area contributed by atoms with E-state index in [9.17, 15) is 14.9 Å². The number of hydrogen-bond donors (Lipinski definition) is 1. The first-order valence-electron chi connectivity index (χ1n) is 7.93. The molecule has 0 bridgehead atoms. The highest BCUT2D eigenvalue weighted by Crippen LogP contribution is 2.24. The quantitative estimate of drug-likeness (QED) is 0.391. The second kappa shape index (κ2) is 8.29. The highest BCUT2D eigenvalue weighted by Gasteiger charge is 2.15. The van der Waals surface area contributed by atoms with Gasteiger partial charge >= 0.3 is 0 Å². The molecule has 27 heavy (non-hydrogen) atoms. The van der Waals surface area contributed by atoms with Crippen molar-refractivity contribution in [1.29, 1.82) is 0 Å². The lowest BCUT2D eigenvalue weighted by Gasteiger charge is -2.01. The van der Waals surface area contributed by atoms with E-state index < -0.39 is 10.8 Å². The summed E-state index contributed by atoms with van der Waals surface area (Å²) < 4.78 is 5.63. The molecule has 0 spiro atoms. The van der Waals surface area contributed by atoms with Crippen LogP contribution in [0.25, 0.3) is 11.3 Å². The molecule has 1 N–H and O–H groups in total. The lowest BCUT2D eigenvalue weighted by molar-refractivity contribution is -0.385. The number of carbonyl (C=O) groups is 1. The predicted octanol–water partition coefficient (Wildman–Crippen LogP) is 4.20. The number of nitrogens with zero attached hydrogens (tertiary/aromatic N) is 2. The van der Waals surface area contributed by atoms with Crippen LogP contribution >= 0.6 is 11.6 Å². The maximum Gasteiger partial charge on any atom is 0.273 e. The van der Waals surface area contributed by atoms with Crippen molar-refractivity contribution in [1.82, 2.24) is 5.43 Å². The van der Waals surface area contributed by atoms with E-state index in [0.29, 0.717) is 22.1 Å². The van der Waals surface area contributed by atoms with Gasteiger partial charge in [-0.25, -0.2) is 5.43 Å². The highest BCUT2D eigenvalue weighted by atomic mass is 35.5. The molecule has 1 aromatic heterocycles. The number of amides is 1. The van der Waals surface area contributed by atoms with Gasteiger partial charge in [0.25, 0.3) is 5.69 Å². The van der Waals surface area contributed by atoms with Crippen molar-refractivity contribution < 1.29 is 14.1 Å². The van der Waals surface area contributed by atoms with Gasteiger partial charge in [-0.05, 0) is 24.3 Å². The number of nitrogens with one attached hydrogen (secondary N) is 1. The first-order chi connectivity index (χ1) is 13.0. The van der Waals surface area contributed by atoms with Crippen LogP contribution < -0.4 is 5.43 Å². The Kier molecular flexibility index (Phi) is 5.63. The van der Waals surface area contributed by atoms with E-state index in [0.717, 1.165) is 5.56 Å². The number of halogens is 1. The lowest BCUT2D eigenvalue weighted by Crippen LogP contribution is -2.20. The van der Waals surface area contributed by atoms with Gasteiger partial charge in [0.1, 0.15) is 11.5 Å². The summed E-state index contributed by atoms with van der Waals surface area (Å²) in [7, 11) is 0. The molecule has 0 aliphatic rings. The van der Waals surface area contributed by atoms with Gasteiger partial charge in [-0.3, -0.25) is 14.9 Å². The van der Waals surface area contributed by atoms with Crippen molar-refractivity contribution in [2.24, 2.45) is 5.10 Å². The Morgan fingerprint density at radius 1 is 1.19 bits per heavy atom. The molecule has 0 radical (unpaired) electrons. The highest BCUT2D eigenvalue weighted by molar-refractivity contribution is 6.30. The minimum Gasteiger partial charge on any atom is -0.455 e. The largest absolute Gasteiger partial charge is 0.455 e. The number of rotatable bonds is 6. The molecule has 0 atom stereocenters. The second-order valence-corrected chi connectivity index (χ2v) is 6.00. The summed E-state index contributed by atoms with van der Waals surface area (Å²) in [5.41, 5.74) is 3.37. The van der Waals surface area contributed by atoms with Gasteiger partial charge < -0.3 is 4.42 Å². The fourth-order valence-electron chi connectivity index (χ4n) is 2.44. The van der Waals surface area contributed by atoms with Crippen LogP contribution in [0.15, 0.2) is 70.2 Å². The van der Waals surface area contributed by atoms with Crippen LogP contribution in [0, 0.1) is 10.1 Å². The number of nitro benzene ring substituents is 1. The summed E-state index contributed by atoms with van der Waals surface area (Å²) in [5, 5.41) is 15.4. The fraction of sp³-hybridized carbons (Fsp3) is 0.0526. The van der Waals surface area contributed by atoms with Gasteiger partial charge in [0.2, 0.25) is 5.91 Å². The molecule has 2 aromatic carbocycles. The van der Waals surface area contributed by atoms with Crippen LogP contribution in [0.4, 0.5) is 5.69 Å². The van der Waals surface area contributed by atoms with Crippen molar-refractivity contribution in [3.63, 3.8) is 0 Å². The van der Waals surface area contributed by atoms with Crippen molar-refractivity contribution in [2.45, 2.75) is 6.42 Å². The maximum absolute atomic E-state index is 11.9. The monoisotopic (exact) mass is 383 g/mol. The zero-order valence-corrected chi connectivity index (χ0v) is 14.7. The molecule has 7 nitrogen and oxygen atoms in total. The predicted molar refractivity (Wildman–Crippen MR) is 102 cm³/mol.